The molecule has 0 amide bonds. The molecule has 1 aromatic rings. The maximum atomic E-state index is 11.8. The van der Waals surface area contributed by atoms with Crippen LogP contribution in [0.15, 0.2) is 29.2 Å². The Morgan fingerprint density at radius 1 is 1.24 bits per heavy atom. The number of rotatable bonds is 6. The second kappa shape index (κ2) is 6.00. The van der Waals surface area contributed by atoms with Gasteiger partial charge in [-0.1, -0.05) is 0 Å². The van der Waals surface area contributed by atoms with E-state index in [9.17, 15) is 8.42 Å². The molecule has 5 nitrogen and oxygen atoms in total. The van der Waals surface area contributed by atoms with Crippen molar-refractivity contribution in [1.82, 2.24) is 9.62 Å². The number of hydrogen-bond donors (Lipinski definition) is 2. The minimum absolute atomic E-state index is 0.0524. The quantitative estimate of drug-likeness (QED) is 0.734. The van der Waals surface area contributed by atoms with Crippen molar-refractivity contribution >= 4 is 10.0 Å². The minimum Gasteiger partial charge on any atom is -0.508 e. The summed E-state index contributed by atoms with van der Waals surface area (Å²) in [5, 5.41) is 9.08. The highest BCUT2D eigenvalue weighted by Crippen LogP contribution is 2.13. The maximum Gasteiger partial charge on any atom is 0.240 e. The molecule has 6 heteroatoms. The molecule has 2 N–H and O–H groups in total. The van der Waals surface area contributed by atoms with Gasteiger partial charge >= 0.3 is 0 Å². The molecule has 0 saturated heterocycles. The zero-order chi connectivity index (χ0) is 12.9. The van der Waals surface area contributed by atoms with Crippen LogP contribution in [0.1, 0.15) is 6.42 Å². The van der Waals surface area contributed by atoms with Crippen molar-refractivity contribution in [3.63, 3.8) is 0 Å². The van der Waals surface area contributed by atoms with Crippen LogP contribution >= 0.6 is 0 Å². The third-order valence-corrected chi connectivity index (χ3v) is 3.70. The van der Waals surface area contributed by atoms with Gasteiger partial charge < -0.3 is 10.0 Å². The highest BCUT2D eigenvalue weighted by Gasteiger charge is 2.12. The minimum atomic E-state index is -3.45. The van der Waals surface area contributed by atoms with Crippen molar-refractivity contribution in [2.45, 2.75) is 11.3 Å². The SMILES string of the molecule is CN(C)CCCNS(=O)(=O)c1ccc(O)cc1. The van der Waals surface area contributed by atoms with Gasteiger partial charge in [0.15, 0.2) is 0 Å². The Kier molecular flexibility index (Phi) is 4.92. The number of sulfonamides is 1. The second-order valence-corrected chi connectivity index (χ2v) is 5.82. The van der Waals surface area contributed by atoms with E-state index >= 15 is 0 Å². The van der Waals surface area contributed by atoms with E-state index in [1.54, 1.807) is 0 Å². The van der Waals surface area contributed by atoms with E-state index < -0.39 is 10.0 Å². The molecule has 1 rings (SSSR count). The first-order chi connectivity index (χ1) is 7.92. The van der Waals surface area contributed by atoms with Crippen molar-refractivity contribution < 1.29 is 13.5 Å². The van der Waals surface area contributed by atoms with Gasteiger partial charge in [-0.15, -0.1) is 0 Å². The lowest BCUT2D eigenvalue weighted by molar-refractivity contribution is 0.400. The van der Waals surface area contributed by atoms with Crippen molar-refractivity contribution in [2.75, 3.05) is 27.2 Å². The molecular weight excluding hydrogens is 240 g/mol. The summed E-state index contributed by atoms with van der Waals surface area (Å²) in [5.74, 6) is 0.0524. The average Bonchev–Trinajstić information content (AvgIpc) is 2.25. The molecule has 0 aromatic heterocycles. The molecule has 0 aliphatic rings. The van der Waals surface area contributed by atoms with Gasteiger partial charge in [0.2, 0.25) is 10.0 Å². The Morgan fingerprint density at radius 2 is 1.82 bits per heavy atom. The highest BCUT2D eigenvalue weighted by molar-refractivity contribution is 7.89. The summed E-state index contributed by atoms with van der Waals surface area (Å²) < 4.78 is 26.1. The zero-order valence-electron chi connectivity index (χ0n) is 10.0. The van der Waals surface area contributed by atoms with E-state index in [1.165, 1.54) is 24.3 Å². The van der Waals surface area contributed by atoms with Gasteiger partial charge in [0.1, 0.15) is 5.75 Å². The molecular formula is C11H18N2O3S. The van der Waals surface area contributed by atoms with Gasteiger partial charge in [-0.25, -0.2) is 13.1 Å². The number of nitrogens with zero attached hydrogens (tertiary/aromatic N) is 1. The highest BCUT2D eigenvalue weighted by atomic mass is 32.2. The third kappa shape index (κ3) is 4.72. The molecule has 0 spiro atoms. The summed E-state index contributed by atoms with van der Waals surface area (Å²) in [6.07, 6.45) is 0.754. The van der Waals surface area contributed by atoms with Crippen LogP contribution < -0.4 is 4.72 Å². The standard InChI is InChI=1S/C11H18N2O3S/c1-13(2)9-3-8-12-17(15,16)11-6-4-10(14)5-7-11/h4-7,12,14H,3,8-9H2,1-2H3. The van der Waals surface area contributed by atoms with Gasteiger partial charge in [-0.3, -0.25) is 0 Å². The van der Waals surface area contributed by atoms with Crippen molar-refractivity contribution in [2.24, 2.45) is 0 Å². The molecule has 0 radical (unpaired) electrons. The predicted molar refractivity (Wildman–Crippen MR) is 66.5 cm³/mol. The van der Waals surface area contributed by atoms with Crippen molar-refractivity contribution in [3.05, 3.63) is 24.3 Å². The van der Waals surface area contributed by atoms with Gasteiger partial charge in [0, 0.05) is 6.54 Å². The number of phenolic OH excluding ortho intramolecular Hbond substituents is 1. The van der Waals surface area contributed by atoms with Crippen LogP contribution in [0.4, 0.5) is 0 Å². The summed E-state index contributed by atoms with van der Waals surface area (Å²) >= 11 is 0. The first-order valence-electron chi connectivity index (χ1n) is 5.35. The predicted octanol–water partition coefficient (Wildman–Crippen LogP) is 0.622. The van der Waals surface area contributed by atoms with Gasteiger partial charge in [-0.2, -0.15) is 0 Å². The zero-order valence-corrected chi connectivity index (χ0v) is 10.9. The van der Waals surface area contributed by atoms with E-state index in [1.807, 2.05) is 19.0 Å². The fourth-order valence-electron chi connectivity index (χ4n) is 1.31. The topological polar surface area (TPSA) is 69.6 Å². The lowest BCUT2D eigenvalue weighted by Gasteiger charge is -2.10. The number of hydrogen-bond acceptors (Lipinski definition) is 4. The third-order valence-electron chi connectivity index (χ3n) is 2.22. The molecule has 96 valence electrons. The summed E-state index contributed by atoms with van der Waals surface area (Å²) in [6.45, 7) is 1.24. The van der Waals surface area contributed by atoms with Crippen LogP contribution in [0.3, 0.4) is 0 Å². The average molecular weight is 258 g/mol. The first kappa shape index (κ1) is 14.0. The second-order valence-electron chi connectivity index (χ2n) is 4.05. The Morgan fingerprint density at radius 3 is 2.35 bits per heavy atom. The summed E-state index contributed by atoms with van der Waals surface area (Å²) in [6, 6.07) is 5.47. The van der Waals surface area contributed by atoms with E-state index in [4.69, 9.17) is 5.11 Å². The fourth-order valence-corrected chi connectivity index (χ4v) is 2.38. The van der Waals surface area contributed by atoms with E-state index in [-0.39, 0.29) is 10.6 Å². The largest absolute Gasteiger partial charge is 0.508 e. The van der Waals surface area contributed by atoms with E-state index in [0.717, 1.165) is 13.0 Å². The molecule has 0 aliphatic carbocycles. The molecule has 0 aliphatic heterocycles. The number of phenols is 1. The van der Waals surface area contributed by atoms with Gasteiger partial charge in [0.25, 0.3) is 0 Å². The molecule has 0 saturated carbocycles. The Bertz CT molecular complexity index is 440. The lowest BCUT2D eigenvalue weighted by atomic mass is 10.3. The molecule has 0 heterocycles. The Labute approximate surface area is 102 Å². The molecule has 0 unspecified atom stereocenters. The smallest absolute Gasteiger partial charge is 0.240 e. The summed E-state index contributed by atoms with van der Waals surface area (Å²) in [7, 11) is 0.423. The van der Waals surface area contributed by atoms with E-state index in [2.05, 4.69) is 4.72 Å². The van der Waals surface area contributed by atoms with Crippen LogP contribution in [0.2, 0.25) is 0 Å². The fraction of sp³-hybridized carbons (Fsp3) is 0.455. The van der Waals surface area contributed by atoms with Gasteiger partial charge in [0.05, 0.1) is 4.90 Å². The van der Waals surface area contributed by atoms with Crippen LogP contribution in [0, 0.1) is 0 Å². The van der Waals surface area contributed by atoms with Crippen LogP contribution in [-0.4, -0.2) is 45.6 Å². The molecule has 0 atom stereocenters. The van der Waals surface area contributed by atoms with Crippen LogP contribution in [-0.2, 0) is 10.0 Å². The van der Waals surface area contributed by atoms with Crippen LogP contribution in [0.5, 0.6) is 5.75 Å². The van der Waals surface area contributed by atoms with Gasteiger partial charge in [-0.05, 0) is 51.3 Å². The summed E-state index contributed by atoms with van der Waals surface area (Å²) in [5.41, 5.74) is 0. The monoisotopic (exact) mass is 258 g/mol. The van der Waals surface area contributed by atoms with E-state index in [0.29, 0.717) is 6.54 Å². The Hall–Kier alpha value is -1.11. The van der Waals surface area contributed by atoms with Crippen molar-refractivity contribution in [3.8, 4) is 5.75 Å². The van der Waals surface area contributed by atoms with Crippen molar-refractivity contribution in [1.29, 1.82) is 0 Å². The number of nitrogens with one attached hydrogen (secondary N) is 1. The maximum absolute atomic E-state index is 11.8. The normalized spacial score (nSPS) is 11.9. The molecule has 0 fully saturated rings. The molecule has 1 aromatic carbocycles. The number of aromatic hydroxyl groups is 1. The number of benzene rings is 1. The Balaban J connectivity index is 2.54. The lowest BCUT2D eigenvalue weighted by Crippen LogP contribution is -2.27. The molecule has 0 bridgehead atoms. The first-order valence-corrected chi connectivity index (χ1v) is 6.83. The molecule has 17 heavy (non-hydrogen) atoms. The summed E-state index contributed by atoms with van der Waals surface area (Å²) in [4.78, 5) is 2.16. The van der Waals surface area contributed by atoms with Crippen LogP contribution in [0.25, 0.3) is 0 Å².